The van der Waals surface area contributed by atoms with Gasteiger partial charge in [0.1, 0.15) is 5.75 Å². The van der Waals surface area contributed by atoms with E-state index in [4.69, 9.17) is 4.74 Å². The topological polar surface area (TPSA) is 56.1 Å². The standard InChI is InChI=1S/C22H23N3O2/c1-27-20-11-9-18(10-12-20)22(17-7-8-17)24-21(26)13-16-14-23-25(15-16)19-5-3-2-4-6-19/h2-6,9-12,14-15,17,22H,7-8,13H2,1H3,(H,24,26). The molecule has 1 aromatic heterocycles. The van der Waals surface area contributed by atoms with Gasteiger partial charge in [-0.15, -0.1) is 0 Å². The first-order valence-electron chi connectivity index (χ1n) is 9.25. The number of carbonyl (C=O) groups is 1. The Labute approximate surface area is 159 Å². The van der Waals surface area contributed by atoms with Crippen LogP contribution in [0, 0.1) is 5.92 Å². The second-order valence-corrected chi connectivity index (χ2v) is 6.96. The number of nitrogens with one attached hydrogen (secondary N) is 1. The van der Waals surface area contributed by atoms with E-state index in [-0.39, 0.29) is 11.9 Å². The molecule has 0 radical (unpaired) electrons. The Kier molecular flexibility index (Phi) is 4.92. The van der Waals surface area contributed by atoms with Gasteiger partial charge in [-0.2, -0.15) is 5.10 Å². The normalized spacial score (nSPS) is 14.6. The van der Waals surface area contributed by atoms with Crippen LogP contribution in [0.4, 0.5) is 0 Å². The maximum absolute atomic E-state index is 12.6. The molecule has 27 heavy (non-hydrogen) atoms. The maximum Gasteiger partial charge on any atom is 0.225 e. The zero-order valence-corrected chi connectivity index (χ0v) is 15.3. The number of hydrogen-bond donors (Lipinski definition) is 1. The summed E-state index contributed by atoms with van der Waals surface area (Å²) in [4.78, 5) is 12.6. The highest BCUT2D eigenvalue weighted by Crippen LogP contribution is 2.41. The average Bonchev–Trinajstić information content (AvgIpc) is 3.45. The Bertz CT molecular complexity index is 899. The minimum absolute atomic E-state index is 0.0235. The van der Waals surface area contributed by atoms with Gasteiger partial charge in [-0.05, 0) is 54.2 Å². The van der Waals surface area contributed by atoms with E-state index in [1.54, 1.807) is 18.0 Å². The fourth-order valence-corrected chi connectivity index (χ4v) is 3.30. The summed E-state index contributed by atoms with van der Waals surface area (Å²) in [5.41, 5.74) is 3.02. The van der Waals surface area contributed by atoms with E-state index < -0.39 is 0 Å². The molecule has 1 atom stereocenters. The molecule has 1 amide bonds. The molecule has 5 heteroatoms. The monoisotopic (exact) mass is 361 g/mol. The lowest BCUT2D eigenvalue weighted by atomic mass is 10.0. The molecular weight excluding hydrogens is 338 g/mol. The predicted octanol–water partition coefficient (Wildman–Crippen LogP) is 3.69. The molecule has 1 fully saturated rings. The molecule has 1 unspecified atom stereocenters. The van der Waals surface area contributed by atoms with Gasteiger partial charge in [0, 0.05) is 6.20 Å². The van der Waals surface area contributed by atoms with E-state index in [0.717, 1.165) is 35.4 Å². The third-order valence-electron chi connectivity index (χ3n) is 4.91. The third kappa shape index (κ3) is 4.19. The third-order valence-corrected chi connectivity index (χ3v) is 4.91. The van der Waals surface area contributed by atoms with Crippen LogP contribution >= 0.6 is 0 Å². The summed E-state index contributed by atoms with van der Waals surface area (Å²) >= 11 is 0. The van der Waals surface area contributed by atoms with Crippen LogP contribution in [0.3, 0.4) is 0 Å². The number of benzene rings is 2. The highest BCUT2D eigenvalue weighted by molar-refractivity contribution is 5.79. The Morgan fingerprint density at radius 1 is 1.19 bits per heavy atom. The van der Waals surface area contributed by atoms with Crippen molar-refractivity contribution in [2.45, 2.75) is 25.3 Å². The molecule has 3 aromatic rings. The van der Waals surface area contributed by atoms with Crippen molar-refractivity contribution >= 4 is 5.91 Å². The zero-order valence-electron chi connectivity index (χ0n) is 15.3. The van der Waals surface area contributed by atoms with Crippen molar-refractivity contribution in [3.63, 3.8) is 0 Å². The molecule has 0 aliphatic heterocycles. The van der Waals surface area contributed by atoms with Crippen LogP contribution in [-0.4, -0.2) is 22.8 Å². The Hall–Kier alpha value is -3.08. The number of amides is 1. The van der Waals surface area contributed by atoms with Gasteiger partial charge in [0.2, 0.25) is 5.91 Å². The number of para-hydroxylation sites is 1. The minimum Gasteiger partial charge on any atom is -0.497 e. The molecule has 1 heterocycles. The summed E-state index contributed by atoms with van der Waals surface area (Å²) < 4.78 is 7.02. The molecule has 4 rings (SSSR count). The van der Waals surface area contributed by atoms with Crippen LogP contribution < -0.4 is 10.1 Å². The first-order valence-corrected chi connectivity index (χ1v) is 9.25. The van der Waals surface area contributed by atoms with E-state index in [2.05, 4.69) is 10.4 Å². The van der Waals surface area contributed by atoms with Gasteiger partial charge >= 0.3 is 0 Å². The first kappa shape index (κ1) is 17.3. The number of ether oxygens (including phenoxy) is 1. The molecule has 1 saturated carbocycles. The minimum atomic E-state index is 0.0235. The molecule has 2 aromatic carbocycles. The van der Waals surface area contributed by atoms with E-state index in [1.807, 2.05) is 60.8 Å². The number of hydrogen-bond acceptors (Lipinski definition) is 3. The molecule has 1 aliphatic rings. The zero-order chi connectivity index (χ0) is 18.6. The lowest BCUT2D eigenvalue weighted by molar-refractivity contribution is -0.121. The lowest BCUT2D eigenvalue weighted by Gasteiger charge is -2.19. The number of aromatic nitrogens is 2. The van der Waals surface area contributed by atoms with Crippen molar-refractivity contribution in [2.75, 3.05) is 7.11 Å². The fourth-order valence-electron chi connectivity index (χ4n) is 3.30. The van der Waals surface area contributed by atoms with Crippen molar-refractivity contribution in [2.24, 2.45) is 5.92 Å². The van der Waals surface area contributed by atoms with E-state index >= 15 is 0 Å². The maximum atomic E-state index is 12.6. The van der Waals surface area contributed by atoms with Crippen LogP contribution in [0.1, 0.15) is 30.0 Å². The van der Waals surface area contributed by atoms with Gasteiger partial charge in [-0.1, -0.05) is 30.3 Å². The van der Waals surface area contributed by atoms with Crippen molar-refractivity contribution in [3.8, 4) is 11.4 Å². The summed E-state index contributed by atoms with van der Waals surface area (Å²) in [7, 11) is 1.66. The van der Waals surface area contributed by atoms with Crippen molar-refractivity contribution in [3.05, 3.63) is 78.1 Å². The van der Waals surface area contributed by atoms with Crippen LogP contribution in [0.5, 0.6) is 5.75 Å². The van der Waals surface area contributed by atoms with E-state index in [9.17, 15) is 4.79 Å². The van der Waals surface area contributed by atoms with E-state index in [0.29, 0.717) is 12.3 Å². The van der Waals surface area contributed by atoms with Crippen LogP contribution in [0.15, 0.2) is 67.0 Å². The Morgan fingerprint density at radius 2 is 1.93 bits per heavy atom. The molecule has 5 nitrogen and oxygen atoms in total. The van der Waals surface area contributed by atoms with E-state index in [1.165, 1.54) is 0 Å². The quantitative estimate of drug-likeness (QED) is 0.698. The van der Waals surface area contributed by atoms with Gasteiger partial charge < -0.3 is 10.1 Å². The smallest absolute Gasteiger partial charge is 0.225 e. The number of carbonyl (C=O) groups excluding carboxylic acids is 1. The molecule has 1 N–H and O–H groups in total. The summed E-state index contributed by atoms with van der Waals surface area (Å²) in [5, 5.41) is 7.58. The summed E-state index contributed by atoms with van der Waals surface area (Å²) in [6, 6.07) is 17.9. The molecule has 0 spiro atoms. The van der Waals surface area contributed by atoms with Crippen LogP contribution in [0.25, 0.3) is 5.69 Å². The molecule has 1 aliphatic carbocycles. The van der Waals surface area contributed by atoms with Gasteiger partial charge in [-0.3, -0.25) is 4.79 Å². The summed E-state index contributed by atoms with van der Waals surface area (Å²) in [6.45, 7) is 0. The molecule has 138 valence electrons. The van der Waals surface area contributed by atoms with Crippen LogP contribution in [0.2, 0.25) is 0 Å². The van der Waals surface area contributed by atoms with Gasteiger partial charge in [0.25, 0.3) is 0 Å². The summed E-state index contributed by atoms with van der Waals surface area (Å²) in [6.07, 6.45) is 6.30. The number of nitrogens with zero attached hydrogens (tertiary/aromatic N) is 2. The molecule has 0 saturated heterocycles. The van der Waals surface area contributed by atoms with Crippen molar-refractivity contribution in [1.29, 1.82) is 0 Å². The largest absolute Gasteiger partial charge is 0.497 e. The van der Waals surface area contributed by atoms with Gasteiger partial charge in [-0.25, -0.2) is 4.68 Å². The lowest BCUT2D eigenvalue weighted by Crippen LogP contribution is -2.31. The second-order valence-electron chi connectivity index (χ2n) is 6.96. The first-order chi connectivity index (χ1) is 13.2. The number of rotatable bonds is 7. The molecule has 0 bridgehead atoms. The SMILES string of the molecule is COc1ccc(C(NC(=O)Cc2cnn(-c3ccccc3)c2)C2CC2)cc1. The van der Waals surface area contributed by atoms with Crippen LogP contribution in [-0.2, 0) is 11.2 Å². The van der Waals surface area contributed by atoms with Crippen molar-refractivity contribution in [1.82, 2.24) is 15.1 Å². The fraction of sp³-hybridized carbons (Fsp3) is 0.273. The van der Waals surface area contributed by atoms with Crippen molar-refractivity contribution < 1.29 is 9.53 Å². The number of methoxy groups -OCH3 is 1. The Morgan fingerprint density at radius 3 is 2.59 bits per heavy atom. The molecular formula is C22H23N3O2. The summed E-state index contributed by atoms with van der Waals surface area (Å²) in [5.74, 6) is 1.37. The highest BCUT2D eigenvalue weighted by Gasteiger charge is 2.33. The van der Waals surface area contributed by atoms with Gasteiger partial charge in [0.05, 0.1) is 31.5 Å². The second kappa shape index (κ2) is 7.66. The predicted molar refractivity (Wildman–Crippen MR) is 104 cm³/mol. The average molecular weight is 361 g/mol. The Balaban J connectivity index is 1.42. The van der Waals surface area contributed by atoms with Gasteiger partial charge in [0.15, 0.2) is 0 Å². The highest BCUT2D eigenvalue weighted by atomic mass is 16.5.